The van der Waals surface area contributed by atoms with Gasteiger partial charge in [-0.1, -0.05) is 23.7 Å². The van der Waals surface area contributed by atoms with Gasteiger partial charge in [-0.3, -0.25) is 4.79 Å². The number of rotatable bonds is 3. The molecule has 1 saturated carbocycles. The Morgan fingerprint density at radius 1 is 1.27 bits per heavy atom. The normalized spacial score (nSPS) is 25.1. The lowest BCUT2D eigenvalue weighted by molar-refractivity contribution is 0.222. The van der Waals surface area contributed by atoms with Crippen molar-refractivity contribution in [2.75, 3.05) is 6.54 Å². The molecule has 22 heavy (non-hydrogen) atoms. The second kappa shape index (κ2) is 6.23. The molecular weight excluding hydrogens is 298 g/mol. The molecule has 1 aliphatic carbocycles. The number of nitrogens with two attached hydrogens (primary N) is 1. The topological polar surface area (TPSA) is 60.9 Å². The standard InChI is InChI=1S/C17H20ClN3O/c18-14-4-1-3-13(11-14)17(12-19)8-6-15(7-9-17)21-16(22)5-2-10-20-21/h1-5,10-11,15H,6-9,12,19H2/t15-,17-. The molecule has 1 aromatic heterocycles. The van der Waals surface area contributed by atoms with E-state index in [4.69, 9.17) is 17.3 Å². The van der Waals surface area contributed by atoms with E-state index in [9.17, 15) is 4.79 Å². The van der Waals surface area contributed by atoms with Crippen LogP contribution in [0.25, 0.3) is 0 Å². The Kier molecular flexibility index (Phi) is 4.32. The van der Waals surface area contributed by atoms with Gasteiger partial charge < -0.3 is 5.73 Å². The lowest BCUT2D eigenvalue weighted by Gasteiger charge is -2.40. The first kappa shape index (κ1) is 15.3. The molecule has 1 aromatic carbocycles. The summed E-state index contributed by atoms with van der Waals surface area (Å²) in [6.07, 6.45) is 5.36. The molecule has 0 unspecified atom stereocenters. The Balaban J connectivity index is 1.82. The quantitative estimate of drug-likeness (QED) is 0.946. The van der Waals surface area contributed by atoms with Crippen LogP contribution in [0.2, 0.25) is 5.02 Å². The molecule has 116 valence electrons. The molecular formula is C17H20ClN3O. The van der Waals surface area contributed by atoms with Crippen LogP contribution >= 0.6 is 11.6 Å². The highest BCUT2D eigenvalue weighted by Gasteiger charge is 2.36. The molecule has 0 amide bonds. The number of hydrogen-bond acceptors (Lipinski definition) is 3. The molecule has 0 radical (unpaired) electrons. The zero-order valence-electron chi connectivity index (χ0n) is 12.4. The van der Waals surface area contributed by atoms with Crippen LogP contribution in [-0.2, 0) is 5.41 Å². The molecule has 2 aromatic rings. The minimum atomic E-state index is -0.0419. The Bertz CT molecular complexity index is 705. The molecule has 5 heteroatoms. The minimum Gasteiger partial charge on any atom is -0.330 e. The second-order valence-electron chi connectivity index (χ2n) is 6.03. The molecule has 0 spiro atoms. The summed E-state index contributed by atoms with van der Waals surface area (Å²) < 4.78 is 1.61. The molecule has 4 nitrogen and oxygen atoms in total. The Morgan fingerprint density at radius 3 is 2.68 bits per heavy atom. The van der Waals surface area contributed by atoms with Crippen molar-refractivity contribution in [3.8, 4) is 0 Å². The van der Waals surface area contributed by atoms with E-state index in [1.807, 2.05) is 18.2 Å². The molecule has 2 N–H and O–H groups in total. The first-order valence-electron chi connectivity index (χ1n) is 7.65. The van der Waals surface area contributed by atoms with E-state index in [-0.39, 0.29) is 17.0 Å². The SMILES string of the molecule is NC[C@]1(c2cccc(Cl)c2)CC[C@H](n2ncccc2=O)CC1. The summed E-state index contributed by atoms with van der Waals surface area (Å²) in [7, 11) is 0. The molecule has 1 heterocycles. The predicted molar refractivity (Wildman–Crippen MR) is 88.2 cm³/mol. The maximum absolute atomic E-state index is 11.9. The average molecular weight is 318 g/mol. The smallest absolute Gasteiger partial charge is 0.266 e. The lowest BCUT2D eigenvalue weighted by Crippen LogP contribution is -2.41. The summed E-state index contributed by atoms with van der Waals surface area (Å²) in [5, 5.41) is 4.96. The number of nitrogens with zero attached hydrogens (tertiary/aromatic N) is 2. The third-order valence-corrected chi connectivity index (χ3v) is 5.06. The van der Waals surface area contributed by atoms with Gasteiger partial charge in [0, 0.05) is 29.2 Å². The van der Waals surface area contributed by atoms with Gasteiger partial charge >= 0.3 is 0 Å². The second-order valence-corrected chi connectivity index (χ2v) is 6.47. The number of benzene rings is 1. The highest BCUT2D eigenvalue weighted by molar-refractivity contribution is 6.30. The van der Waals surface area contributed by atoms with E-state index < -0.39 is 0 Å². The largest absolute Gasteiger partial charge is 0.330 e. The van der Waals surface area contributed by atoms with E-state index in [2.05, 4.69) is 11.2 Å². The van der Waals surface area contributed by atoms with E-state index in [0.29, 0.717) is 6.54 Å². The van der Waals surface area contributed by atoms with Crippen molar-refractivity contribution in [2.45, 2.75) is 37.1 Å². The Labute approximate surface area is 134 Å². The Hall–Kier alpha value is -1.65. The van der Waals surface area contributed by atoms with Gasteiger partial charge in [-0.15, -0.1) is 0 Å². The third-order valence-electron chi connectivity index (χ3n) is 4.83. The van der Waals surface area contributed by atoms with E-state index >= 15 is 0 Å². The van der Waals surface area contributed by atoms with Crippen LogP contribution in [0, 0.1) is 0 Å². The summed E-state index contributed by atoms with van der Waals surface area (Å²) in [5.41, 5.74) is 7.24. The molecule has 1 fully saturated rings. The fourth-order valence-corrected chi connectivity index (χ4v) is 3.66. The monoisotopic (exact) mass is 317 g/mol. The van der Waals surface area contributed by atoms with Crippen LogP contribution in [0.4, 0.5) is 0 Å². The molecule has 3 rings (SSSR count). The first-order chi connectivity index (χ1) is 10.6. The van der Waals surface area contributed by atoms with E-state index in [1.54, 1.807) is 23.0 Å². The van der Waals surface area contributed by atoms with Crippen molar-refractivity contribution in [3.05, 3.63) is 63.5 Å². The van der Waals surface area contributed by atoms with E-state index in [0.717, 1.165) is 30.7 Å². The summed E-state index contributed by atoms with van der Waals surface area (Å²) in [6.45, 7) is 0.594. The summed E-state index contributed by atoms with van der Waals surface area (Å²) >= 11 is 6.13. The summed E-state index contributed by atoms with van der Waals surface area (Å²) in [5.74, 6) is 0. The molecule has 0 saturated heterocycles. The van der Waals surface area contributed by atoms with Crippen molar-refractivity contribution < 1.29 is 0 Å². The van der Waals surface area contributed by atoms with Gasteiger partial charge in [-0.2, -0.15) is 5.10 Å². The van der Waals surface area contributed by atoms with Gasteiger partial charge in [0.2, 0.25) is 0 Å². The number of aromatic nitrogens is 2. The van der Waals surface area contributed by atoms with Gasteiger partial charge in [-0.05, 0) is 49.4 Å². The van der Waals surface area contributed by atoms with Crippen molar-refractivity contribution in [2.24, 2.45) is 5.73 Å². The molecule has 1 aliphatic rings. The van der Waals surface area contributed by atoms with Crippen molar-refractivity contribution in [1.82, 2.24) is 9.78 Å². The van der Waals surface area contributed by atoms with Crippen molar-refractivity contribution >= 4 is 11.6 Å². The van der Waals surface area contributed by atoms with Crippen LogP contribution in [0.1, 0.15) is 37.3 Å². The number of hydrogen-bond donors (Lipinski definition) is 1. The van der Waals surface area contributed by atoms with Gasteiger partial charge in [0.15, 0.2) is 0 Å². The minimum absolute atomic E-state index is 0.0319. The van der Waals surface area contributed by atoms with Crippen LogP contribution in [0.3, 0.4) is 0 Å². The van der Waals surface area contributed by atoms with Gasteiger partial charge in [0.1, 0.15) is 0 Å². The summed E-state index contributed by atoms with van der Waals surface area (Å²) in [4.78, 5) is 11.9. The highest BCUT2D eigenvalue weighted by Crippen LogP contribution is 2.42. The van der Waals surface area contributed by atoms with Crippen LogP contribution < -0.4 is 11.3 Å². The molecule has 0 atom stereocenters. The van der Waals surface area contributed by atoms with Gasteiger partial charge in [-0.25, -0.2) is 4.68 Å². The zero-order chi connectivity index (χ0) is 15.6. The van der Waals surface area contributed by atoms with Gasteiger partial charge in [0.25, 0.3) is 5.56 Å². The van der Waals surface area contributed by atoms with Gasteiger partial charge in [0.05, 0.1) is 6.04 Å². The molecule has 0 bridgehead atoms. The fourth-order valence-electron chi connectivity index (χ4n) is 3.47. The predicted octanol–water partition coefficient (Wildman–Crippen LogP) is 2.91. The fraction of sp³-hybridized carbons (Fsp3) is 0.412. The van der Waals surface area contributed by atoms with E-state index in [1.165, 1.54) is 5.56 Å². The van der Waals surface area contributed by atoms with Crippen molar-refractivity contribution in [3.63, 3.8) is 0 Å². The van der Waals surface area contributed by atoms with Crippen LogP contribution in [0.5, 0.6) is 0 Å². The van der Waals surface area contributed by atoms with Crippen LogP contribution in [0.15, 0.2) is 47.4 Å². The van der Waals surface area contributed by atoms with Crippen LogP contribution in [-0.4, -0.2) is 16.3 Å². The maximum atomic E-state index is 11.9. The summed E-state index contributed by atoms with van der Waals surface area (Å²) in [6, 6.07) is 11.4. The Morgan fingerprint density at radius 2 is 2.05 bits per heavy atom. The lowest BCUT2D eigenvalue weighted by atomic mass is 9.68. The average Bonchev–Trinajstić information content (AvgIpc) is 2.55. The highest BCUT2D eigenvalue weighted by atomic mass is 35.5. The zero-order valence-corrected chi connectivity index (χ0v) is 13.2. The number of halogens is 1. The first-order valence-corrected chi connectivity index (χ1v) is 8.02. The van der Waals surface area contributed by atoms with Crippen molar-refractivity contribution in [1.29, 1.82) is 0 Å². The molecule has 0 aliphatic heterocycles. The maximum Gasteiger partial charge on any atom is 0.266 e. The third kappa shape index (κ3) is 2.81.